The van der Waals surface area contributed by atoms with Gasteiger partial charge in [-0.25, -0.2) is 0 Å². The number of esters is 1. The number of piperazine rings is 1. The smallest absolute Gasteiger partial charge is 0.307 e. The summed E-state index contributed by atoms with van der Waals surface area (Å²) in [5.41, 5.74) is 0.878. The number of benzene rings is 1. The Kier molecular flexibility index (Phi) is 4.30. The molecule has 0 spiro atoms. The van der Waals surface area contributed by atoms with Crippen molar-refractivity contribution in [2.24, 2.45) is 0 Å². The molecule has 0 saturated carbocycles. The Balaban J connectivity index is 1.83. The molecule has 1 aromatic rings. The van der Waals surface area contributed by atoms with Crippen LogP contribution in [0.15, 0.2) is 24.3 Å². The van der Waals surface area contributed by atoms with E-state index >= 15 is 0 Å². The first-order chi connectivity index (χ1) is 11.5. The van der Waals surface area contributed by atoms with Crippen molar-refractivity contribution in [3.05, 3.63) is 29.8 Å². The van der Waals surface area contributed by atoms with E-state index in [0.717, 1.165) is 0 Å². The molecule has 1 atom stereocenters. The van der Waals surface area contributed by atoms with Gasteiger partial charge in [0.2, 0.25) is 5.91 Å². The summed E-state index contributed by atoms with van der Waals surface area (Å²) < 4.78 is 4.63. The van der Waals surface area contributed by atoms with E-state index < -0.39 is 23.7 Å². The minimum atomic E-state index is -0.734. The summed E-state index contributed by atoms with van der Waals surface area (Å²) in [6, 6.07) is 6.00. The van der Waals surface area contributed by atoms with Crippen LogP contribution < -0.4 is 10.2 Å². The Bertz CT molecular complexity index is 717. The molecule has 1 fully saturated rings. The summed E-state index contributed by atoms with van der Waals surface area (Å²) in [7, 11) is 1.26. The van der Waals surface area contributed by atoms with E-state index in [2.05, 4.69) is 10.1 Å². The number of nitrogens with one attached hydrogen (secondary N) is 1. The first-order valence-corrected chi connectivity index (χ1v) is 7.56. The molecule has 2 amide bonds. The third-order valence-corrected chi connectivity index (χ3v) is 4.23. The van der Waals surface area contributed by atoms with Gasteiger partial charge in [0, 0.05) is 13.1 Å². The zero-order valence-corrected chi connectivity index (χ0v) is 13.2. The van der Waals surface area contributed by atoms with Crippen molar-refractivity contribution in [1.29, 1.82) is 0 Å². The van der Waals surface area contributed by atoms with E-state index in [1.54, 1.807) is 29.2 Å². The Labute approximate surface area is 138 Å². The van der Waals surface area contributed by atoms with Crippen LogP contribution in [-0.2, 0) is 19.1 Å². The molecule has 126 valence electrons. The Morgan fingerprint density at radius 3 is 2.79 bits per heavy atom. The second-order valence-electron chi connectivity index (χ2n) is 5.62. The number of methoxy groups -OCH3 is 1. The monoisotopic (exact) mass is 331 g/mol. The number of hydrogen-bond acceptors (Lipinski definition) is 6. The van der Waals surface area contributed by atoms with Crippen molar-refractivity contribution < 1.29 is 23.9 Å². The van der Waals surface area contributed by atoms with Gasteiger partial charge in [0.05, 0.1) is 31.5 Å². The number of nitrogens with zero attached hydrogens (tertiary/aromatic N) is 2. The summed E-state index contributed by atoms with van der Waals surface area (Å²) in [5, 5.41) is 2.70. The number of ether oxygens (including phenoxy) is 1. The highest BCUT2D eigenvalue weighted by atomic mass is 16.5. The fraction of sp³-hybridized carbons (Fsp3) is 0.375. The quantitative estimate of drug-likeness (QED) is 0.592. The SMILES string of the molecule is COC(=O)C[C@@H]1C(=O)NCCN1CN1C(=O)C(=O)c2ccccc21. The van der Waals surface area contributed by atoms with Crippen LogP contribution in [0, 0.1) is 0 Å². The average Bonchev–Trinajstić information content (AvgIpc) is 2.83. The predicted molar refractivity (Wildman–Crippen MR) is 83.3 cm³/mol. The summed E-state index contributed by atoms with van der Waals surface area (Å²) in [6.07, 6.45) is -0.111. The zero-order chi connectivity index (χ0) is 17.3. The van der Waals surface area contributed by atoms with Gasteiger partial charge in [0.25, 0.3) is 5.78 Å². The topological polar surface area (TPSA) is 96.0 Å². The average molecular weight is 331 g/mol. The van der Waals surface area contributed by atoms with Crippen molar-refractivity contribution in [2.75, 3.05) is 31.8 Å². The van der Waals surface area contributed by atoms with Gasteiger partial charge in [-0.15, -0.1) is 0 Å². The number of Topliss-reactive ketones (excluding diaryl/α,β-unsaturated/α-hetero) is 1. The minimum absolute atomic E-state index is 0.0661. The van der Waals surface area contributed by atoms with E-state index in [4.69, 9.17) is 0 Å². The summed E-state index contributed by atoms with van der Waals surface area (Å²) in [4.78, 5) is 51.0. The molecule has 2 aliphatic rings. The third kappa shape index (κ3) is 2.76. The molecule has 0 aromatic heterocycles. The standard InChI is InChI=1S/C16H17N3O5/c1-24-13(20)8-12-15(22)17-6-7-18(12)9-19-11-5-3-2-4-10(11)14(21)16(19)23/h2-5,12H,6-9H2,1H3,(H,17,22)/t12-/m1/s1. The van der Waals surface area contributed by atoms with Gasteiger partial charge in [0.1, 0.15) is 6.04 Å². The highest BCUT2D eigenvalue weighted by Gasteiger charge is 2.39. The lowest BCUT2D eigenvalue weighted by molar-refractivity contribution is -0.145. The van der Waals surface area contributed by atoms with Gasteiger partial charge in [-0.1, -0.05) is 12.1 Å². The third-order valence-electron chi connectivity index (χ3n) is 4.23. The molecule has 2 aliphatic heterocycles. The number of para-hydroxylation sites is 1. The predicted octanol–water partition coefficient (Wildman–Crippen LogP) is -0.463. The largest absolute Gasteiger partial charge is 0.469 e. The number of rotatable bonds is 4. The van der Waals surface area contributed by atoms with E-state index in [-0.39, 0.29) is 19.0 Å². The number of anilines is 1. The van der Waals surface area contributed by atoms with E-state index in [0.29, 0.717) is 24.3 Å². The van der Waals surface area contributed by atoms with Crippen molar-refractivity contribution in [2.45, 2.75) is 12.5 Å². The van der Waals surface area contributed by atoms with Gasteiger partial charge in [-0.2, -0.15) is 0 Å². The molecule has 1 aromatic carbocycles. The van der Waals surface area contributed by atoms with Gasteiger partial charge in [-0.3, -0.25) is 29.0 Å². The van der Waals surface area contributed by atoms with Gasteiger partial charge in [-0.05, 0) is 12.1 Å². The van der Waals surface area contributed by atoms with Crippen molar-refractivity contribution in [1.82, 2.24) is 10.2 Å². The molecule has 8 nitrogen and oxygen atoms in total. The zero-order valence-electron chi connectivity index (χ0n) is 13.2. The number of carbonyl (C=O) groups is 4. The normalized spacial score (nSPS) is 20.8. The maximum Gasteiger partial charge on any atom is 0.307 e. The fourth-order valence-electron chi connectivity index (χ4n) is 2.96. The summed E-state index contributed by atoms with van der Waals surface area (Å²) in [6.45, 7) is 0.943. The van der Waals surface area contributed by atoms with Crippen LogP contribution >= 0.6 is 0 Å². The molecular formula is C16H17N3O5. The lowest BCUT2D eigenvalue weighted by atomic mass is 10.1. The molecule has 0 unspecified atom stereocenters. The molecule has 2 heterocycles. The van der Waals surface area contributed by atoms with Gasteiger partial charge < -0.3 is 10.1 Å². The lowest BCUT2D eigenvalue weighted by Crippen LogP contribution is -2.59. The van der Waals surface area contributed by atoms with E-state index in [1.165, 1.54) is 12.0 Å². The summed E-state index contributed by atoms with van der Waals surface area (Å²) in [5.74, 6) is -1.99. The first-order valence-electron chi connectivity index (χ1n) is 7.56. The molecule has 1 N–H and O–H groups in total. The van der Waals surface area contributed by atoms with E-state index in [9.17, 15) is 19.2 Å². The Hall–Kier alpha value is -2.74. The van der Waals surface area contributed by atoms with Crippen LogP contribution in [0.3, 0.4) is 0 Å². The molecule has 3 rings (SSSR count). The van der Waals surface area contributed by atoms with E-state index in [1.807, 2.05) is 0 Å². The fourth-order valence-corrected chi connectivity index (χ4v) is 2.96. The summed E-state index contributed by atoms with van der Waals surface area (Å²) >= 11 is 0. The second-order valence-corrected chi connectivity index (χ2v) is 5.62. The maximum atomic E-state index is 12.3. The molecule has 24 heavy (non-hydrogen) atoms. The van der Waals surface area contributed by atoms with Crippen molar-refractivity contribution in [3.63, 3.8) is 0 Å². The highest BCUT2D eigenvalue weighted by molar-refractivity contribution is 6.52. The Morgan fingerprint density at radius 2 is 2.04 bits per heavy atom. The number of carbonyl (C=O) groups excluding carboxylic acids is 4. The van der Waals surface area contributed by atoms with Gasteiger partial charge >= 0.3 is 11.9 Å². The molecule has 0 aliphatic carbocycles. The van der Waals surface area contributed by atoms with Crippen LogP contribution in [0.1, 0.15) is 16.8 Å². The molecular weight excluding hydrogens is 314 g/mol. The first kappa shape index (κ1) is 16.1. The van der Waals surface area contributed by atoms with Crippen LogP contribution in [0.5, 0.6) is 0 Å². The van der Waals surface area contributed by atoms with Crippen LogP contribution in [-0.4, -0.2) is 61.4 Å². The van der Waals surface area contributed by atoms with Crippen molar-refractivity contribution in [3.8, 4) is 0 Å². The molecule has 1 saturated heterocycles. The van der Waals surface area contributed by atoms with Crippen LogP contribution in [0.4, 0.5) is 5.69 Å². The lowest BCUT2D eigenvalue weighted by Gasteiger charge is -2.36. The number of hydrogen-bond donors (Lipinski definition) is 1. The van der Waals surface area contributed by atoms with Crippen LogP contribution in [0.2, 0.25) is 0 Å². The molecule has 8 heteroatoms. The molecule has 0 bridgehead atoms. The Morgan fingerprint density at radius 1 is 1.29 bits per heavy atom. The number of fused-ring (bicyclic) bond motifs is 1. The second kappa shape index (κ2) is 6.40. The minimum Gasteiger partial charge on any atom is -0.469 e. The highest BCUT2D eigenvalue weighted by Crippen LogP contribution is 2.29. The van der Waals surface area contributed by atoms with Crippen LogP contribution in [0.25, 0.3) is 0 Å². The van der Waals surface area contributed by atoms with Gasteiger partial charge in [0.15, 0.2) is 0 Å². The maximum absolute atomic E-state index is 12.3. The number of ketones is 1. The molecule has 0 radical (unpaired) electrons. The van der Waals surface area contributed by atoms with Crippen molar-refractivity contribution >= 4 is 29.3 Å². The number of amides is 2.